The molecule has 2 aliphatic carbocycles. The van der Waals surface area contributed by atoms with Crippen molar-refractivity contribution in [1.29, 1.82) is 0 Å². The smallest absolute Gasteiger partial charge is 0.333 e. The number of aliphatic hydroxyl groups excluding tert-OH is 1. The van der Waals surface area contributed by atoms with Gasteiger partial charge in [-0.05, 0) is 69.8 Å². The van der Waals surface area contributed by atoms with Crippen molar-refractivity contribution in [3.63, 3.8) is 0 Å². The van der Waals surface area contributed by atoms with Crippen molar-refractivity contribution in [2.24, 2.45) is 23.2 Å². The largest absolute Gasteiger partial charge is 0.459 e. The second-order valence-corrected chi connectivity index (χ2v) is 9.59. The molecule has 0 aromatic rings. The summed E-state index contributed by atoms with van der Waals surface area (Å²) in [6, 6.07) is 0. The van der Waals surface area contributed by atoms with Crippen molar-refractivity contribution in [1.82, 2.24) is 0 Å². The Bertz CT molecular complexity index is 809. The highest BCUT2D eigenvalue weighted by atomic mass is 16.5. The first kappa shape index (κ1) is 26.0. The van der Waals surface area contributed by atoms with E-state index in [1.165, 1.54) is 6.08 Å². The fraction of sp³-hybridized carbons (Fsp3) is 0.654. The number of aliphatic hydroxyl groups is 1. The van der Waals surface area contributed by atoms with Crippen LogP contribution in [0.1, 0.15) is 67.2 Å². The summed E-state index contributed by atoms with van der Waals surface area (Å²) in [4.78, 5) is 37.1. The van der Waals surface area contributed by atoms with E-state index in [0.717, 1.165) is 5.57 Å². The van der Waals surface area contributed by atoms with Gasteiger partial charge in [-0.15, -0.1) is 0 Å². The summed E-state index contributed by atoms with van der Waals surface area (Å²) in [6.07, 6.45) is 5.09. The second kappa shape index (κ2) is 10.6. The number of hydrogen-bond acceptors (Lipinski definition) is 6. The van der Waals surface area contributed by atoms with Crippen molar-refractivity contribution in [2.75, 3.05) is 0 Å². The summed E-state index contributed by atoms with van der Waals surface area (Å²) in [5, 5.41) is 10.7. The minimum absolute atomic E-state index is 0.0275. The van der Waals surface area contributed by atoms with Crippen LogP contribution in [0.15, 0.2) is 36.0 Å². The number of fused-ring (bicyclic) bond motifs is 1. The molecule has 0 spiro atoms. The predicted octanol–water partition coefficient (Wildman–Crippen LogP) is 4.32. The van der Waals surface area contributed by atoms with Gasteiger partial charge in [0.25, 0.3) is 0 Å². The standard InChI is InChI=1S/C26H38O6/c1-8-16(5)25(30)31-18(9-2)10-13-22(27)32-21-12-11-20-24(29)23(28)19(15(3)4)14-26(20,7)17(21)6/h8,10,13,17-21,24,29H,3,9,11-12,14H2,1-2,4-7H3/b13-10+,16-8-/t17-,18+,19+,20+,21+,24+,26+/m0/s1. The van der Waals surface area contributed by atoms with Gasteiger partial charge in [0, 0.05) is 17.6 Å². The number of Topliss-reactive ketones (excluding diaryl/α,β-unsaturated/α-hetero) is 1. The van der Waals surface area contributed by atoms with Gasteiger partial charge in [0.05, 0.1) is 0 Å². The van der Waals surface area contributed by atoms with Crippen molar-refractivity contribution < 1.29 is 29.0 Å². The lowest BCUT2D eigenvalue weighted by molar-refractivity contribution is -0.172. The van der Waals surface area contributed by atoms with Gasteiger partial charge < -0.3 is 14.6 Å². The molecule has 6 nitrogen and oxygen atoms in total. The number of esters is 2. The van der Waals surface area contributed by atoms with E-state index in [1.807, 2.05) is 20.8 Å². The molecule has 0 bridgehead atoms. The maximum absolute atomic E-state index is 12.6. The number of carbonyl (C=O) groups is 3. The van der Waals surface area contributed by atoms with E-state index in [2.05, 4.69) is 13.5 Å². The molecule has 0 aliphatic heterocycles. The van der Waals surface area contributed by atoms with Gasteiger partial charge in [-0.25, -0.2) is 9.59 Å². The summed E-state index contributed by atoms with van der Waals surface area (Å²) in [5.41, 5.74) is 0.936. The monoisotopic (exact) mass is 446 g/mol. The lowest BCUT2D eigenvalue weighted by Crippen LogP contribution is -2.57. The van der Waals surface area contributed by atoms with E-state index in [0.29, 0.717) is 31.3 Å². The SMILES string of the molecule is C=C(C)[C@H]1C[C@@]2(C)[C@H](CC[C@@H](OC(=O)/C=C/[C@@H](CC)OC(=O)/C(C)=C\C)[C@@H]2C)[C@@H](O)C1=O. The van der Waals surface area contributed by atoms with Crippen LogP contribution in [0.25, 0.3) is 0 Å². The van der Waals surface area contributed by atoms with Gasteiger partial charge >= 0.3 is 11.9 Å². The minimum atomic E-state index is -1.00. The topological polar surface area (TPSA) is 89.9 Å². The molecule has 2 rings (SSSR count). The summed E-state index contributed by atoms with van der Waals surface area (Å²) in [6.45, 7) is 15.2. The molecule has 2 fully saturated rings. The Morgan fingerprint density at radius 1 is 1.31 bits per heavy atom. The lowest BCUT2D eigenvalue weighted by atomic mass is 9.51. The fourth-order valence-electron chi connectivity index (χ4n) is 5.05. The van der Waals surface area contributed by atoms with Gasteiger partial charge in [0.1, 0.15) is 18.3 Å². The highest BCUT2D eigenvalue weighted by Gasteiger charge is 2.56. The Labute approximate surface area is 191 Å². The molecule has 0 aromatic heterocycles. The van der Waals surface area contributed by atoms with E-state index in [9.17, 15) is 19.5 Å². The number of carbonyl (C=O) groups excluding carboxylic acids is 3. The van der Waals surface area contributed by atoms with E-state index in [4.69, 9.17) is 9.47 Å². The van der Waals surface area contributed by atoms with Crippen LogP contribution in [0.5, 0.6) is 0 Å². The van der Waals surface area contributed by atoms with E-state index >= 15 is 0 Å². The van der Waals surface area contributed by atoms with Crippen molar-refractivity contribution in [2.45, 2.75) is 85.5 Å². The summed E-state index contributed by atoms with van der Waals surface area (Å²) in [7, 11) is 0. The molecule has 2 aliphatic rings. The maximum Gasteiger partial charge on any atom is 0.333 e. The Kier molecular flexibility index (Phi) is 8.63. The van der Waals surface area contributed by atoms with Crippen LogP contribution in [0, 0.1) is 23.2 Å². The van der Waals surface area contributed by atoms with E-state index in [1.54, 1.807) is 26.0 Å². The zero-order valence-corrected chi connectivity index (χ0v) is 20.2. The summed E-state index contributed by atoms with van der Waals surface area (Å²) in [5.74, 6) is -1.58. The van der Waals surface area contributed by atoms with Crippen LogP contribution in [-0.4, -0.2) is 41.1 Å². The second-order valence-electron chi connectivity index (χ2n) is 9.59. The molecule has 178 valence electrons. The van der Waals surface area contributed by atoms with Crippen LogP contribution in [0.4, 0.5) is 0 Å². The number of hydrogen-bond donors (Lipinski definition) is 1. The first-order chi connectivity index (χ1) is 15.0. The Morgan fingerprint density at radius 2 is 1.97 bits per heavy atom. The zero-order chi connectivity index (χ0) is 24.2. The first-order valence-corrected chi connectivity index (χ1v) is 11.6. The Morgan fingerprint density at radius 3 is 2.53 bits per heavy atom. The summed E-state index contributed by atoms with van der Waals surface area (Å²) < 4.78 is 11.2. The average molecular weight is 447 g/mol. The van der Waals surface area contributed by atoms with Gasteiger partial charge in [-0.1, -0.05) is 39.0 Å². The number of ether oxygens (including phenoxy) is 2. The lowest BCUT2D eigenvalue weighted by Gasteiger charge is -2.54. The molecule has 7 atom stereocenters. The van der Waals surface area contributed by atoms with Crippen molar-refractivity contribution in [3.05, 3.63) is 36.0 Å². The molecule has 0 aromatic carbocycles. The molecule has 1 N–H and O–H groups in total. The summed E-state index contributed by atoms with van der Waals surface area (Å²) >= 11 is 0. The zero-order valence-electron chi connectivity index (χ0n) is 20.2. The normalized spacial score (nSPS) is 34.0. The molecule has 0 radical (unpaired) electrons. The fourth-order valence-corrected chi connectivity index (χ4v) is 5.05. The molecular formula is C26H38O6. The number of rotatable bonds is 7. The first-order valence-electron chi connectivity index (χ1n) is 11.6. The van der Waals surface area contributed by atoms with Crippen LogP contribution >= 0.6 is 0 Å². The molecule has 0 unspecified atom stereocenters. The van der Waals surface area contributed by atoms with Crippen LogP contribution in [-0.2, 0) is 23.9 Å². The minimum Gasteiger partial charge on any atom is -0.459 e. The van der Waals surface area contributed by atoms with Crippen molar-refractivity contribution >= 4 is 17.7 Å². The third-order valence-corrected chi connectivity index (χ3v) is 7.59. The third kappa shape index (κ3) is 5.40. The van der Waals surface area contributed by atoms with Crippen molar-refractivity contribution in [3.8, 4) is 0 Å². The van der Waals surface area contributed by atoms with Crippen LogP contribution < -0.4 is 0 Å². The highest BCUT2D eigenvalue weighted by Crippen LogP contribution is 2.55. The molecule has 0 amide bonds. The van der Waals surface area contributed by atoms with Gasteiger partial charge in [0.2, 0.25) is 0 Å². The van der Waals surface area contributed by atoms with Crippen LogP contribution in [0.3, 0.4) is 0 Å². The van der Waals surface area contributed by atoms with E-state index < -0.39 is 24.1 Å². The number of allylic oxidation sites excluding steroid dienone is 2. The molecule has 0 heterocycles. The third-order valence-electron chi connectivity index (χ3n) is 7.59. The quantitative estimate of drug-likeness (QED) is 0.356. The maximum atomic E-state index is 12.6. The van der Waals surface area contributed by atoms with Gasteiger partial charge in [0.15, 0.2) is 5.78 Å². The van der Waals surface area contributed by atoms with Crippen LogP contribution in [0.2, 0.25) is 0 Å². The molecule has 32 heavy (non-hydrogen) atoms. The molecule has 0 saturated heterocycles. The van der Waals surface area contributed by atoms with Gasteiger partial charge in [-0.2, -0.15) is 0 Å². The molecule has 6 heteroatoms. The Hall–Kier alpha value is -2.21. The molecule has 2 saturated carbocycles. The highest BCUT2D eigenvalue weighted by molar-refractivity contribution is 5.89. The number of ketones is 1. The molecular weight excluding hydrogens is 408 g/mol. The average Bonchev–Trinajstić information content (AvgIpc) is 2.75. The van der Waals surface area contributed by atoms with E-state index in [-0.39, 0.29) is 35.1 Å². The Balaban J connectivity index is 2.07. The predicted molar refractivity (Wildman–Crippen MR) is 123 cm³/mol. The van der Waals surface area contributed by atoms with Gasteiger partial charge in [-0.3, -0.25) is 4.79 Å².